The molecule has 1 radical (unpaired) electrons. The Morgan fingerprint density at radius 1 is 0.560 bits per heavy atom. The van der Waals surface area contributed by atoms with E-state index in [0.29, 0.717) is 13.4 Å². The van der Waals surface area contributed by atoms with Gasteiger partial charge < -0.3 is 9.68 Å². The summed E-state index contributed by atoms with van der Waals surface area (Å²) in [6, 6.07) is 31.1. The van der Waals surface area contributed by atoms with Gasteiger partial charge >= 0.3 is 7.69 Å². The van der Waals surface area contributed by atoms with Crippen LogP contribution in [0.3, 0.4) is 0 Å². The van der Waals surface area contributed by atoms with Gasteiger partial charge in [0.2, 0.25) is 0 Å². The van der Waals surface area contributed by atoms with Crippen molar-refractivity contribution in [3.8, 4) is 28.0 Å². The minimum Gasteiger partial charge on any atom is -0.537 e. The molecule has 1 N–H and O–H groups in total. The molecule has 3 heteroatoms. The van der Waals surface area contributed by atoms with E-state index in [2.05, 4.69) is 66.7 Å². The van der Waals surface area contributed by atoms with Gasteiger partial charge in [0.25, 0.3) is 0 Å². The van der Waals surface area contributed by atoms with Gasteiger partial charge in [-0.15, -0.1) is 0 Å². The molecule has 4 rings (SSSR count). The van der Waals surface area contributed by atoms with Crippen molar-refractivity contribution in [2.75, 3.05) is 0 Å². The molecule has 0 aromatic heterocycles. The maximum Gasteiger partial charge on any atom is 0.569 e. The first-order chi connectivity index (χ1) is 12.3. The average Bonchev–Trinajstić information content (AvgIpc) is 2.69. The Morgan fingerprint density at radius 3 is 1.72 bits per heavy atom. The Morgan fingerprint density at radius 2 is 1.08 bits per heavy atom. The standard InChI is InChI=1S/C22H16BO2/c24-23-25-22-13-11-18(12-14-22)17-5-7-19(8-6-17)21-10-9-16-3-1-2-4-20(16)15-21/h1-15,24H. The van der Waals surface area contributed by atoms with Crippen molar-refractivity contribution in [1.29, 1.82) is 0 Å². The Balaban J connectivity index is 1.62. The van der Waals surface area contributed by atoms with E-state index in [9.17, 15) is 0 Å². The van der Waals surface area contributed by atoms with Crippen LogP contribution in [-0.2, 0) is 0 Å². The first-order valence-corrected chi connectivity index (χ1v) is 8.16. The molecule has 4 aromatic rings. The predicted octanol–water partition coefficient (Wildman–Crippen LogP) is 5.08. The van der Waals surface area contributed by atoms with Crippen molar-refractivity contribution in [1.82, 2.24) is 0 Å². The number of hydrogen-bond acceptors (Lipinski definition) is 2. The van der Waals surface area contributed by atoms with Crippen LogP contribution in [0.5, 0.6) is 5.75 Å². The highest BCUT2D eigenvalue weighted by atomic mass is 16.5. The number of fused-ring (bicyclic) bond motifs is 1. The van der Waals surface area contributed by atoms with Crippen molar-refractivity contribution in [3.63, 3.8) is 0 Å². The second kappa shape index (κ2) is 6.84. The lowest BCUT2D eigenvalue weighted by atomic mass is 9.98. The monoisotopic (exact) mass is 323 g/mol. The molecule has 0 spiro atoms. The van der Waals surface area contributed by atoms with Crippen LogP contribution in [0, 0.1) is 0 Å². The maximum atomic E-state index is 8.66. The van der Waals surface area contributed by atoms with Crippen LogP contribution >= 0.6 is 0 Å². The molecule has 4 aromatic carbocycles. The van der Waals surface area contributed by atoms with E-state index >= 15 is 0 Å². The molecule has 0 atom stereocenters. The zero-order chi connectivity index (χ0) is 17.1. The fraction of sp³-hybridized carbons (Fsp3) is 0. The van der Waals surface area contributed by atoms with E-state index in [1.165, 1.54) is 21.9 Å². The number of hydrogen-bond donors (Lipinski definition) is 1. The summed E-state index contributed by atoms with van der Waals surface area (Å²) < 4.78 is 4.94. The highest BCUT2D eigenvalue weighted by Gasteiger charge is 2.02. The van der Waals surface area contributed by atoms with E-state index in [1.807, 2.05) is 24.3 Å². The normalized spacial score (nSPS) is 10.6. The van der Waals surface area contributed by atoms with Gasteiger partial charge in [-0.2, -0.15) is 0 Å². The molecule has 0 aliphatic carbocycles. The third-order valence-corrected chi connectivity index (χ3v) is 4.34. The molecular weight excluding hydrogens is 307 g/mol. The van der Waals surface area contributed by atoms with E-state index in [-0.39, 0.29) is 0 Å². The topological polar surface area (TPSA) is 29.5 Å². The molecule has 0 bridgehead atoms. The summed E-state index contributed by atoms with van der Waals surface area (Å²) in [5.41, 5.74) is 4.66. The summed E-state index contributed by atoms with van der Waals surface area (Å²) in [7, 11) is 0.688. The van der Waals surface area contributed by atoms with Crippen molar-refractivity contribution >= 4 is 18.5 Å². The Labute approximate surface area is 147 Å². The van der Waals surface area contributed by atoms with Crippen LogP contribution in [0.2, 0.25) is 0 Å². The molecule has 0 unspecified atom stereocenters. The van der Waals surface area contributed by atoms with Crippen LogP contribution in [0.15, 0.2) is 91.0 Å². The molecule has 2 nitrogen and oxygen atoms in total. The van der Waals surface area contributed by atoms with Crippen molar-refractivity contribution in [3.05, 3.63) is 91.0 Å². The molecule has 0 aliphatic rings. The lowest BCUT2D eigenvalue weighted by Crippen LogP contribution is -1.99. The van der Waals surface area contributed by atoms with E-state index in [1.54, 1.807) is 0 Å². The fourth-order valence-corrected chi connectivity index (χ4v) is 3.01. The van der Waals surface area contributed by atoms with Crippen LogP contribution in [-0.4, -0.2) is 12.7 Å². The molecule has 0 heterocycles. The summed E-state index contributed by atoms with van der Waals surface area (Å²) in [4.78, 5) is 0. The second-order valence-electron chi connectivity index (χ2n) is 5.89. The molecule has 119 valence electrons. The van der Waals surface area contributed by atoms with Gasteiger partial charge in [0.05, 0.1) is 0 Å². The summed E-state index contributed by atoms with van der Waals surface area (Å²) >= 11 is 0. The largest absolute Gasteiger partial charge is 0.569 e. The lowest BCUT2D eigenvalue weighted by molar-refractivity contribution is 0.454. The minimum absolute atomic E-state index is 0.610. The second-order valence-corrected chi connectivity index (χ2v) is 5.89. The summed E-state index contributed by atoms with van der Waals surface area (Å²) in [6.45, 7) is 0. The van der Waals surface area contributed by atoms with Gasteiger partial charge in [-0.05, 0) is 51.2 Å². The van der Waals surface area contributed by atoms with Crippen molar-refractivity contribution < 1.29 is 9.68 Å². The van der Waals surface area contributed by atoms with Crippen LogP contribution in [0.4, 0.5) is 0 Å². The van der Waals surface area contributed by atoms with Crippen LogP contribution < -0.4 is 4.65 Å². The Bertz CT molecular complexity index is 992. The van der Waals surface area contributed by atoms with Crippen molar-refractivity contribution in [2.45, 2.75) is 0 Å². The highest BCUT2D eigenvalue weighted by Crippen LogP contribution is 2.28. The summed E-state index contributed by atoms with van der Waals surface area (Å²) in [5.74, 6) is 0.610. The summed E-state index contributed by atoms with van der Waals surface area (Å²) in [5, 5.41) is 11.2. The van der Waals surface area contributed by atoms with E-state index in [0.717, 1.165) is 11.1 Å². The zero-order valence-electron chi connectivity index (χ0n) is 13.6. The minimum atomic E-state index is 0.610. The lowest BCUT2D eigenvalue weighted by Gasteiger charge is -2.07. The van der Waals surface area contributed by atoms with Gasteiger partial charge in [-0.3, -0.25) is 0 Å². The molecule has 0 saturated carbocycles. The summed E-state index contributed by atoms with van der Waals surface area (Å²) in [6.07, 6.45) is 0. The van der Waals surface area contributed by atoms with E-state index in [4.69, 9.17) is 9.68 Å². The number of rotatable bonds is 4. The predicted molar refractivity (Wildman–Crippen MR) is 103 cm³/mol. The molecule has 0 amide bonds. The third kappa shape index (κ3) is 3.28. The number of benzene rings is 4. The van der Waals surface area contributed by atoms with Crippen molar-refractivity contribution in [2.24, 2.45) is 0 Å². The van der Waals surface area contributed by atoms with Gasteiger partial charge in [-0.1, -0.05) is 72.8 Å². The molecular formula is C22H16BO2. The van der Waals surface area contributed by atoms with Gasteiger partial charge in [-0.25, -0.2) is 0 Å². The highest BCUT2D eigenvalue weighted by molar-refractivity contribution is 6.17. The Hall–Kier alpha value is -3.04. The zero-order valence-corrected chi connectivity index (χ0v) is 13.6. The molecule has 0 fully saturated rings. The fourth-order valence-electron chi connectivity index (χ4n) is 3.01. The van der Waals surface area contributed by atoms with Gasteiger partial charge in [0.1, 0.15) is 5.75 Å². The van der Waals surface area contributed by atoms with Crippen LogP contribution in [0.1, 0.15) is 0 Å². The molecule has 0 saturated heterocycles. The molecule has 0 aliphatic heterocycles. The third-order valence-electron chi connectivity index (χ3n) is 4.34. The van der Waals surface area contributed by atoms with Gasteiger partial charge in [0.15, 0.2) is 0 Å². The Kier molecular flexibility index (Phi) is 4.24. The maximum absolute atomic E-state index is 8.66. The van der Waals surface area contributed by atoms with E-state index < -0.39 is 0 Å². The van der Waals surface area contributed by atoms with Gasteiger partial charge in [0, 0.05) is 0 Å². The first-order valence-electron chi connectivity index (χ1n) is 8.16. The smallest absolute Gasteiger partial charge is 0.537 e. The SMILES string of the molecule is O[B]Oc1ccc(-c2ccc(-c3ccc4ccccc4c3)cc2)cc1. The first kappa shape index (κ1) is 15.5. The quantitative estimate of drug-likeness (QED) is 0.531. The molecule has 25 heavy (non-hydrogen) atoms. The average molecular weight is 323 g/mol. The van der Waals surface area contributed by atoms with Crippen LogP contribution in [0.25, 0.3) is 33.0 Å².